The van der Waals surface area contributed by atoms with Gasteiger partial charge in [0.2, 0.25) is 0 Å². The molecule has 30 heavy (non-hydrogen) atoms. The monoisotopic (exact) mass is 408 g/mol. The van der Waals surface area contributed by atoms with E-state index in [0.29, 0.717) is 11.3 Å². The number of fused-ring (bicyclic) bond motifs is 1. The molecular weight excluding hydrogens is 388 g/mol. The van der Waals surface area contributed by atoms with E-state index >= 15 is 0 Å². The summed E-state index contributed by atoms with van der Waals surface area (Å²) >= 11 is 0. The van der Waals surface area contributed by atoms with Gasteiger partial charge in [-0.25, -0.2) is 0 Å². The zero-order valence-corrected chi connectivity index (χ0v) is 16.7. The van der Waals surface area contributed by atoms with Crippen LogP contribution < -0.4 is 4.74 Å². The number of ketones is 3. The Labute approximate surface area is 172 Å². The number of rotatable bonds is 2. The minimum Gasteiger partial charge on any atom is -0.496 e. The molecule has 0 heterocycles. The minimum atomic E-state index is -1.43. The summed E-state index contributed by atoms with van der Waals surface area (Å²) < 4.78 is 10.7. The number of carbonyl (C=O) groups excluding carboxylic acids is 4. The lowest BCUT2D eigenvalue weighted by atomic mass is 9.62. The van der Waals surface area contributed by atoms with E-state index in [1.807, 2.05) is 0 Å². The molecular formula is C23H20O7. The number of carbonyl (C=O) groups is 4. The molecule has 0 unspecified atom stereocenters. The fraction of sp³-hybridized carbons (Fsp3) is 0.391. The van der Waals surface area contributed by atoms with Crippen molar-refractivity contribution in [1.29, 1.82) is 0 Å². The molecule has 7 nitrogen and oxygen atoms in total. The summed E-state index contributed by atoms with van der Waals surface area (Å²) in [7, 11) is 1.43. The highest BCUT2D eigenvalue weighted by Gasteiger charge is 2.81. The average molecular weight is 408 g/mol. The Balaban J connectivity index is 1.76. The molecule has 4 aliphatic carbocycles. The van der Waals surface area contributed by atoms with E-state index < -0.39 is 40.7 Å². The number of aliphatic hydroxyl groups excluding tert-OH is 1. The molecule has 0 bridgehead atoms. The quantitative estimate of drug-likeness (QED) is 0.744. The number of allylic oxidation sites excluding steroid dienone is 1. The zero-order chi connectivity index (χ0) is 21.6. The Kier molecular flexibility index (Phi) is 3.63. The van der Waals surface area contributed by atoms with Gasteiger partial charge in [-0.2, -0.15) is 0 Å². The third kappa shape index (κ3) is 1.94. The summed E-state index contributed by atoms with van der Waals surface area (Å²) in [4.78, 5) is 52.2. The summed E-state index contributed by atoms with van der Waals surface area (Å²) in [6.07, 6.45) is 1.12. The highest BCUT2D eigenvalue weighted by atomic mass is 16.5. The molecule has 0 radical (unpaired) electrons. The Morgan fingerprint density at radius 2 is 1.93 bits per heavy atom. The number of esters is 1. The van der Waals surface area contributed by atoms with E-state index in [2.05, 4.69) is 0 Å². The molecule has 1 aromatic rings. The molecule has 0 spiro atoms. The van der Waals surface area contributed by atoms with Gasteiger partial charge in [-0.3, -0.25) is 19.2 Å². The van der Waals surface area contributed by atoms with Gasteiger partial charge in [0.1, 0.15) is 18.0 Å². The van der Waals surface area contributed by atoms with Gasteiger partial charge in [0.05, 0.1) is 23.5 Å². The van der Waals surface area contributed by atoms with E-state index in [0.717, 1.165) is 0 Å². The summed E-state index contributed by atoms with van der Waals surface area (Å²) in [5, 5.41) is 10.6. The maximum Gasteiger partial charge on any atom is 0.303 e. The van der Waals surface area contributed by atoms with Crippen LogP contribution in [0.25, 0.3) is 0 Å². The molecule has 5 atom stereocenters. The molecule has 1 N–H and O–H groups in total. The van der Waals surface area contributed by atoms with Crippen molar-refractivity contribution in [2.24, 2.45) is 16.7 Å². The molecule has 0 aromatic heterocycles. The summed E-state index contributed by atoms with van der Waals surface area (Å²) in [5.41, 5.74) is -1.62. The molecule has 154 valence electrons. The van der Waals surface area contributed by atoms with E-state index in [1.54, 1.807) is 37.3 Å². The highest BCUT2D eigenvalue weighted by Crippen LogP contribution is 2.76. The summed E-state index contributed by atoms with van der Waals surface area (Å²) in [5.74, 6) is -2.11. The van der Waals surface area contributed by atoms with Crippen molar-refractivity contribution in [3.63, 3.8) is 0 Å². The number of methoxy groups -OCH3 is 1. The second-order valence-electron chi connectivity index (χ2n) is 8.46. The van der Waals surface area contributed by atoms with Gasteiger partial charge in [-0.1, -0.05) is 31.2 Å². The molecule has 7 heteroatoms. The molecule has 0 amide bonds. The van der Waals surface area contributed by atoms with E-state index in [9.17, 15) is 24.3 Å². The number of Topliss-reactive ketones (excluding diaryl/α,β-unsaturated/α-hetero) is 3. The second kappa shape index (κ2) is 5.76. The van der Waals surface area contributed by atoms with Crippen LogP contribution in [0, 0.1) is 16.7 Å². The average Bonchev–Trinajstić information content (AvgIpc) is 3.44. The van der Waals surface area contributed by atoms with E-state index in [-0.39, 0.29) is 34.7 Å². The van der Waals surface area contributed by atoms with Gasteiger partial charge in [0.15, 0.2) is 17.3 Å². The summed E-state index contributed by atoms with van der Waals surface area (Å²) in [6.45, 7) is 2.87. The van der Waals surface area contributed by atoms with E-state index in [1.165, 1.54) is 14.0 Å². The van der Waals surface area contributed by atoms with Crippen molar-refractivity contribution in [2.45, 2.75) is 32.5 Å². The fourth-order valence-electron chi connectivity index (χ4n) is 5.55. The standard InChI is InChI=1S/C23H20O7/c1-10-17(25)18(26)16-13(19(10)30-11(2)24)7-8-22-9-23(16,22)20(27)12-5-4-6-14(29-3)15(12)21(22)28/h4-8,10,17,19,25H,9H2,1-3H3/t10-,17+,19-,22+,23+/m1/s1. The maximum absolute atomic E-state index is 13.7. The Morgan fingerprint density at radius 3 is 2.60 bits per heavy atom. The smallest absolute Gasteiger partial charge is 0.303 e. The maximum atomic E-state index is 13.7. The highest BCUT2D eigenvalue weighted by molar-refractivity contribution is 6.29. The van der Waals surface area contributed by atoms with Crippen molar-refractivity contribution in [1.82, 2.24) is 0 Å². The molecule has 1 aromatic carbocycles. The van der Waals surface area contributed by atoms with Gasteiger partial charge < -0.3 is 14.6 Å². The van der Waals surface area contributed by atoms with Crippen molar-refractivity contribution in [3.8, 4) is 5.75 Å². The van der Waals surface area contributed by atoms with Crippen LogP contribution >= 0.6 is 0 Å². The van der Waals surface area contributed by atoms with Crippen molar-refractivity contribution >= 4 is 23.3 Å². The van der Waals surface area contributed by atoms with Gasteiger partial charge in [0, 0.05) is 29.6 Å². The van der Waals surface area contributed by atoms with Crippen molar-refractivity contribution < 1.29 is 33.8 Å². The first-order chi connectivity index (χ1) is 14.2. The predicted octanol–water partition coefficient (Wildman–Crippen LogP) is 1.83. The number of benzene rings is 1. The first kappa shape index (κ1) is 18.9. The molecule has 0 aliphatic heterocycles. The topological polar surface area (TPSA) is 107 Å². The van der Waals surface area contributed by atoms with Gasteiger partial charge in [-0.15, -0.1) is 0 Å². The zero-order valence-electron chi connectivity index (χ0n) is 16.7. The number of aliphatic hydroxyl groups is 1. The van der Waals surface area contributed by atoms with Crippen LogP contribution in [0.1, 0.15) is 41.0 Å². The second-order valence-corrected chi connectivity index (χ2v) is 8.46. The first-order valence-corrected chi connectivity index (χ1v) is 9.81. The Bertz CT molecular complexity index is 1130. The van der Waals surface area contributed by atoms with Crippen LogP contribution in [0.5, 0.6) is 5.75 Å². The third-order valence-electron chi connectivity index (χ3n) is 7.04. The lowest BCUT2D eigenvalue weighted by Gasteiger charge is -2.41. The SMILES string of the molecule is COc1cccc2c1C(=O)[C@@]13C=CC4=C(C(=O)[C@@H](O)[C@@H](C)[C@H]4OC(C)=O)[C@@]1(C3)C2=O. The molecule has 0 saturated heterocycles. The van der Waals surface area contributed by atoms with Crippen LogP contribution in [0.4, 0.5) is 0 Å². The molecule has 5 rings (SSSR count). The number of hydrogen-bond donors (Lipinski definition) is 1. The van der Waals surface area contributed by atoms with E-state index in [4.69, 9.17) is 9.47 Å². The molecule has 4 aliphatic rings. The van der Waals surface area contributed by atoms with Crippen LogP contribution in [0.3, 0.4) is 0 Å². The minimum absolute atomic E-state index is 0.105. The Morgan fingerprint density at radius 1 is 1.20 bits per heavy atom. The lowest BCUT2D eigenvalue weighted by molar-refractivity contribution is -0.151. The molecule has 1 fully saturated rings. The fourth-order valence-corrected chi connectivity index (χ4v) is 5.55. The lowest BCUT2D eigenvalue weighted by Crippen LogP contribution is -2.50. The van der Waals surface area contributed by atoms with Gasteiger partial charge >= 0.3 is 5.97 Å². The number of ether oxygens (including phenoxy) is 2. The summed E-state index contributed by atoms with van der Waals surface area (Å²) in [6, 6.07) is 4.81. The van der Waals surface area contributed by atoms with Gasteiger partial charge in [0.25, 0.3) is 0 Å². The normalized spacial score (nSPS) is 35.9. The predicted molar refractivity (Wildman–Crippen MR) is 103 cm³/mol. The largest absolute Gasteiger partial charge is 0.496 e. The first-order valence-electron chi connectivity index (χ1n) is 9.81. The van der Waals surface area contributed by atoms with Crippen LogP contribution in [-0.4, -0.2) is 47.7 Å². The van der Waals surface area contributed by atoms with Crippen LogP contribution in [0.15, 0.2) is 41.5 Å². The Hall–Kier alpha value is -3.06. The van der Waals surface area contributed by atoms with Crippen LogP contribution in [-0.2, 0) is 14.3 Å². The molecule has 1 saturated carbocycles. The van der Waals surface area contributed by atoms with Crippen molar-refractivity contribution in [3.05, 3.63) is 52.6 Å². The van der Waals surface area contributed by atoms with Gasteiger partial charge in [-0.05, 0) is 12.5 Å². The van der Waals surface area contributed by atoms with Crippen LogP contribution in [0.2, 0.25) is 0 Å². The number of hydrogen-bond acceptors (Lipinski definition) is 7. The third-order valence-corrected chi connectivity index (χ3v) is 7.04. The van der Waals surface area contributed by atoms with Crippen molar-refractivity contribution in [2.75, 3.05) is 7.11 Å².